The standard InChI is InChI=1S/C17H18FN/c18-15-8-10-16(11-9-15)19-17(12-4-5-13-17)14-6-2-1-3-7-14/h1-3,6-11,19H,4-5,12-13H2. The van der Waals surface area contributed by atoms with Gasteiger partial charge in [-0.1, -0.05) is 43.2 Å². The van der Waals surface area contributed by atoms with E-state index in [1.165, 1.54) is 30.5 Å². The van der Waals surface area contributed by atoms with Gasteiger partial charge in [0.1, 0.15) is 5.82 Å². The number of nitrogens with one attached hydrogen (secondary N) is 1. The van der Waals surface area contributed by atoms with Crippen LogP contribution < -0.4 is 5.32 Å². The molecule has 0 spiro atoms. The maximum Gasteiger partial charge on any atom is 0.123 e. The molecule has 1 N–H and O–H groups in total. The SMILES string of the molecule is Fc1ccc(NC2(c3ccccc3)CCCC2)cc1. The zero-order valence-electron chi connectivity index (χ0n) is 10.9. The average Bonchev–Trinajstić information content (AvgIpc) is 2.92. The van der Waals surface area contributed by atoms with Gasteiger partial charge < -0.3 is 5.32 Å². The van der Waals surface area contributed by atoms with Gasteiger partial charge in [-0.05, 0) is 42.7 Å². The van der Waals surface area contributed by atoms with Gasteiger partial charge in [0.2, 0.25) is 0 Å². The topological polar surface area (TPSA) is 12.0 Å². The lowest BCUT2D eigenvalue weighted by Gasteiger charge is -2.32. The van der Waals surface area contributed by atoms with Crippen LogP contribution in [0.2, 0.25) is 0 Å². The van der Waals surface area contributed by atoms with Crippen LogP contribution >= 0.6 is 0 Å². The van der Waals surface area contributed by atoms with Crippen molar-refractivity contribution in [1.29, 1.82) is 0 Å². The van der Waals surface area contributed by atoms with Crippen molar-refractivity contribution < 1.29 is 4.39 Å². The van der Waals surface area contributed by atoms with E-state index in [9.17, 15) is 4.39 Å². The van der Waals surface area contributed by atoms with Gasteiger partial charge in [-0.25, -0.2) is 4.39 Å². The van der Waals surface area contributed by atoms with Crippen LogP contribution in [0.5, 0.6) is 0 Å². The highest BCUT2D eigenvalue weighted by atomic mass is 19.1. The number of anilines is 1. The summed E-state index contributed by atoms with van der Waals surface area (Å²) in [4.78, 5) is 0. The van der Waals surface area contributed by atoms with Crippen molar-refractivity contribution in [2.24, 2.45) is 0 Å². The third-order valence-corrected chi connectivity index (χ3v) is 4.01. The Balaban J connectivity index is 1.91. The normalized spacial score (nSPS) is 17.3. The second-order valence-electron chi connectivity index (χ2n) is 5.29. The van der Waals surface area contributed by atoms with Gasteiger partial charge in [0.25, 0.3) is 0 Å². The maximum atomic E-state index is 13.0. The molecule has 0 heterocycles. The van der Waals surface area contributed by atoms with Crippen molar-refractivity contribution in [2.45, 2.75) is 31.2 Å². The molecule has 3 rings (SSSR count). The van der Waals surface area contributed by atoms with Gasteiger partial charge in [0.15, 0.2) is 0 Å². The molecule has 1 aliphatic rings. The Morgan fingerprint density at radius 1 is 0.842 bits per heavy atom. The lowest BCUT2D eigenvalue weighted by molar-refractivity contribution is 0.508. The summed E-state index contributed by atoms with van der Waals surface area (Å²) in [5.41, 5.74) is 2.34. The molecule has 2 heteroatoms. The summed E-state index contributed by atoms with van der Waals surface area (Å²) in [6.45, 7) is 0. The lowest BCUT2D eigenvalue weighted by Crippen LogP contribution is -2.32. The van der Waals surface area contributed by atoms with E-state index >= 15 is 0 Å². The Labute approximate surface area is 113 Å². The van der Waals surface area contributed by atoms with Gasteiger partial charge in [-0.3, -0.25) is 0 Å². The molecule has 0 bridgehead atoms. The number of halogens is 1. The predicted molar refractivity (Wildman–Crippen MR) is 76.6 cm³/mol. The smallest absolute Gasteiger partial charge is 0.123 e. The molecule has 98 valence electrons. The van der Waals surface area contributed by atoms with Crippen molar-refractivity contribution in [2.75, 3.05) is 5.32 Å². The van der Waals surface area contributed by atoms with Crippen molar-refractivity contribution in [1.82, 2.24) is 0 Å². The highest BCUT2D eigenvalue weighted by molar-refractivity contribution is 5.48. The van der Waals surface area contributed by atoms with Gasteiger partial charge >= 0.3 is 0 Å². The lowest BCUT2D eigenvalue weighted by atomic mass is 9.88. The zero-order valence-corrected chi connectivity index (χ0v) is 10.9. The van der Waals surface area contributed by atoms with Crippen molar-refractivity contribution in [3.05, 3.63) is 66.0 Å². The number of hydrogen-bond acceptors (Lipinski definition) is 1. The molecule has 1 fully saturated rings. The highest BCUT2D eigenvalue weighted by Gasteiger charge is 2.35. The minimum Gasteiger partial charge on any atom is -0.376 e. The summed E-state index contributed by atoms with van der Waals surface area (Å²) in [6, 6.07) is 17.2. The van der Waals surface area contributed by atoms with Crippen LogP contribution in [0.15, 0.2) is 54.6 Å². The molecule has 1 nitrogen and oxygen atoms in total. The first-order chi connectivity index (χ1) is 9.28. The Kier molecular flexibility index (Phi) is 3.24. The first-order valence-electron chi connectivity index (χ1n) is 6.88. The number of rotatable bonds is 3. The molecule has 0 unspecified atom stereocenters. The summed E-state index contributed by atoms with van der Waals surface area (Å²) in [5, 5.41) is 3.63. The summed E-state index contributed by atoms with van der Waals surface area (Å²) in [5.74, 6) is -0.189. The van der Waals surface area contributed by atoms with E-state index in [1.54, 1.807) is 0 Å². The average molecular weight is 255 g/mol. The summed E-state index contributed by atoms with van der Waals surface area (Å²) in [6.07, 6.45) is 4.74. The summed E-state index contributed by atoms with van der Waals surface area (Å²) >= 11 is 0. The van der Waals surface area contributed by atoms with Crippen LogP contribution in [-0.2, 0) is 5.54 Å². The van der Waals surface area contributed by atoms with Crippen LogP contribution in [0, 0.1) is 5.82 Å². The third-order valence-electron chi connectivity index (χ3n) is 4.01. The molecule has 0 radical (unpaired) electrons. The summed E-state index contributed by atoms with van der Waals surface area (Å²) in [7, 11) is 0. The zero-order chi connectivity index (χ0) is 13.1. The fourth-order valence-corrected chi connectivity index (χ4v) is 3.03. The van der Waals surface area contributed by atoms with E-state index in [0.717, 1.165) is 18.5 Å². The monoisotopic (exact) mass is 255 g/mol. The minimum atomic E-state index is -0.189. The Morgan fingerprint density at radius 3 is 2.11 bits per heavy atom. The van der Waals surface area contributed by atoms with E-state index in [2.05, 4.69) is 29.6 Å². The van der Waals surface area contributed by atoms with E-state index in [-0.39, 0.29) is 11.4 Å². The molecule has 1 aliphatic carbocycles. The number of benzene rings is 2. The Hall–Kier alpha value is -1.83. The molecule has 2 aromatic rings. The quantitative estimate of drug-likeness (QED) is 0.837. The first kappa shape index (κ1) is 12.2. The fraction of sp³-hybridized carbons (Fsp3) is 0.294. The van der Waals surface area contributed by atoms with E-state index < -0.39 is 0 Å². The second kappa shape index (κ2) is 5.04. The second-order valence-corrected chi connectivity index (χ2v) is 5.29. The van der Waals surface area contributed by atoms with Gasteiger partial charge in [-0.15, -0.1) is 0 Å². The summed E-state index contributed by atoms with van der Waals surface area (Å²) < 4.78 is 13.0. The van der Waals surface area contributed by atoms with E-state index in [4.69, 9.17) is 0 Å². The van der Waals surface area contributed by atoms with Gasteiger partial charge in [0.05, 0.1) is 5.54 Å². The molecular weight excluding hydrogens is 237 g/mol. The third kappa shape index (κ3) is 2.48. The molecular formula is C17H18FN. The van der Waals surface area contributed by atoms with E-state index in [1.807, 2.05) is 18.2 Å². The molecule has 2 aromatic carbocycles. The van der Waals surface area contributed by atoms with Crippen LogP contribution in [0.3, 0.4) is 0 Å². The molecule has 1 saturated carbocycles. The van der Waals surface area contributed by atoms with Crippen LogP contribution in [-0.4, -0.2) is 0 Å². The van der Waals surface area contributed by atoms with Crippen LogP contribution in [0.1, 0.15) is 31.2 Å². The van der Waals surface area contributed by atoms with Crippen molar-refractivity contribution in [3.63, 3.8) is 0 Å². The Bertz CT molecular complexity index is 527. The van der Waals surface area contributed by atoms with Gasteiger partial charge in [0, 0.05) is 5.69 Å². The molecule has 0 saturated heterocycles. The van der Waals surface area contributed by atoms with Crippen molar-refractivity contribution >= 4 is 5.69 Å². The van der Waals surface area contributed by atoms with Crippen molar-refractivity contribution in [3.8, 4) is 0 Å². The molecule has 0 atom stereocenters. The maximum absolute atomic E-state index is 13.0. The van der Waals surface area contributed by atoms with E-state index in [0.29, 0.717) is 0 Å². The largest absolute Gasteiger partial charge is 0.376 e. The number of hydrogen-bond donors (Lipinski definition) is 1. The first-order valence-corrected chi connectivity index (χ1v) is 6.88. The van der Waals surface area contributed by atoms with Crippen LogP contribution in [0.25, 0.3) is 0 Å². The molecule has 19 heavy (non-hydrogen) atoms. The molecule has 0 aliphatic heterocycles. The fourth-order valence-electron chi connectivity index (χ4n) is 3.03. The predicted octanol–water partition coefficient (Wildman–Crippen LogP) is 4.71. The minimum absolute atomic E-state index is 0.0130. The Morgan fingerprint density at radius 2 is 1.47 bits per heavy atom. The highest BCUT2D eigenvalue weighted by Crippen LogP contribution is 2.41. The van der Waals surface area contributed by atoms with Gasteiger partial charge in [-0.2, -0.15) is 0 Å². The molecule has 0 aromatic heterocycles. The molecule has 0 amide bonds. The van der Waals surface area contributed by atoms with Crippen LogP contribution in [0.4, 0.5) is 10.1 Å².